The number of carboxylic acid groups (broad SMARTS) is 1. The SMILES string of the molecule is O=C(O)NC1CCC(Oc2cc(Cl)c3cncc(-c4cc5ccccc5o4)c3c2)CC1. The van der Waals surface area contributed by atoms with E-state index in [9.17, 15) is 4.79 Å². The van der Waals surface area contributed by atoms with Crippen molar-refractivity contribution in [3.05, 3.63) is 59.9 Å². The molecule has 7 heteroatoms. The van der Waals surface area contributed by atoms with Gasteiger partial charge in [-0.3, -0.25) is 4.98 Å². The highest BCUT2D eigenvalue weighted by molar-refractivity contribution is 6.36. The van der Waals surface area contributed by atoms with Gasteiger partial charge in [-0.15, -0.1) is 0 Å². The summed E-state index contributed by atoms with van der Waals surface area (Å²) in [5.41, 5.74) is 1.68. The van der Waals surface area contributed by atoms with Crippen molar-refractivity contribution < 1.29 is 19.1 Å². The van der Waals surface area contributed by atoms with Crippen LogP contribution in [0.2, 0.25) is 5.02 Å². The highest BCUT2D eigenvalue weighted by atomic mass is 35.5. The number of furan rings is 1. The topological polar surface area (TPSA) is 84.6 Å². The normalized spacial score (nSPS) is 18.9. The molecule has 0 radical (unpaired) electrons. The summed E-state index contributed by atoms with van der Waals surface area (Å²) in [6.45, 7) is 0. The van der Waals surface area contributed by atoms with Gasteiger partial charge >= 0.3 is 6.09 Å². The van der Waals surface area contributed by atoms with Crippen molar-refractivity contribution in [3.8, 4) is 17.1 Å². The van der Waals surface area contributed by atoms with Gasteiger partial charge in [-0.25, -0.2) is 4.79 Å². The molecule has 0 aliphatic heterocycles. The van der Waals surface area contributed by atoms with Crippen LogP contribution < -0.4 is 10.1 Å². The molecule has 5 rings (SSSR count). The summed E-state index contributed by atoms with van der Waals surface area (Å²) in [5.74, 6) is 1.42. The molecule has 6 nitrogen and oxygen atoms in total. The Balaban J connectivity index is 1.44. The van der Waals surface area contributed by atoms with Crippen LogP contribution in [-0.4, -0.2) is 28.3 Å². The molecule has 1 amide bonds. The molecule has 1 saturated carbocycles. The zero-order chi connectivity index (χ0) is 21.4. The third kappa shape index (κ3) is 4.03. The van der Waals surface area contributed by atoms with E-state index in [0.29, 0.717) is 10.8 Å². The second-order valence-electron chi connectivity index (χ2n) is 7.88. The average Bonchev–Trinajstić information content (AvgIpc) is 3.18. The molecule has 2 aromatic heterocycles. The molecular weight excluding hydrogens is 416 g/mol. The van der Waals surface area contributed by atoms with Crippen LogP contribution in [0.3, 0.4) is 0 Å². The summed E-state index contributed by atoms with van der Waals surface area (Å²) in [7, 11) is 0. The van der Waals surface area contributed by atoms with Crippen LogP contribution in [0.15, 0.2) is 59.3 Å². The molecule has 0 unspecified atom stereocenters. The molecule has 1 fully saturated rings. The minimum atomic E-state index is -0.975. The summed E-state index contributed by atoms with van der Waals surface area (Å²) < 4.78 is 12.3. The Bertz CT molecular complexity index is 1230. The lowest BCUT2D eigenvalue weighted by Crippen LogP contribution is -2.38. The molecule has 0 saturated heterocycles. The molecule has 158 valence electrons. The van der Waals surface area contributed by atoms with Gasteiger partial charge in [-0.05, 0) is 49.9 Å². The summed E-state index contributed by atoms with van der Waals surface area (Å²) in [5, 5.41) is 14.8. The third-order valence-corrected chi connectivity index (χ3v) is 6.11. The van der Waals surface area contributed by atoms with Crippen molar-refractivity contribution in [1.29, 1.82) is 0 Å². The fourth-order valence-corrected chi connectivity index (χ4v) is 4.53. The van der Waals surface area contributed by atoms with Crippen molar-refractivity contribution in [2.45, 2.75) is 37.8 Å². The molecule has 2 aromatic carbocycles. The standard InChI is InChI=1S/C24H21ClN2O4/c25-21-11-17(30-16-7-5-15(6-8-16)27-24(28)29)10-18-19(21)12-26-13-20(18)23-9-14-3-1-2-4-22(14)31-23/h1-4,9-13,15-16,27H,5-8H2,(H,28,29). The van der Waals surface area contributed by atoms with Gasteiger partial charge in [0.25, 0.3) is 0 Å². The van der Waals surface area contributed by atoms with E-state index in [1.54, 1.807) is 12.4 Å². The Hall–Kier alpha value is -3.25. The van der Waals surface area contributed by atoms with Crippen LogP contribution in [0.1, 0.15) is 25.7 Å². The number of benzene rings is 2. The van der Waals surface area contributed by atoms with Gasteiger partial charge in [0, 0.05) is 40.2 Å². The van der Waals surface area contributed by atoms with Crippen molar-refractivity contribution >= 4 is 39.4 Å². The smallest absolute Gasteiger partial charge is 0.404 e. The van der Waals surface area contributed by atoms with E-state index in [1.807, 2.05) is 42.5 Å². The Labute approximate surface area is 183 Å². The number of nitrogens with one attached hydrogen (secondary N) is 1. The molecule has 4 aromatic rings. The molecule has 1 aliphatic rings. The van der Waals surface area contributed by atoms with Crippen molar-refractivity contribution in [3.63, 3.8) is 0 Å². The van der Waals surface area contributed by atoms with Gasteiger partial charge in [-0.2, -0.15) is 0 Å². The minimum Gasteiger partial charge on any atom is -0.490 e. The van der Waals surface area contributed by atoms with E-state index in [2.05, 4.69) is 10.3 Å². The second-order valence-corrected chi connectivity index (χ2v) is 8.28. The molecule has 2 N–H and O–H groups in total. The molecular formula is C24H21ClN2O4. The summed E-state index contributed by atoms with van der Waals surface area (Å²) in [4.78, 5) is 15.2. The molecule has 0 bridgehead atoms. The van der Waals surface area contributed by atoms with Crippen LogP contribution in [0.5, 0.6) is 5.75 Å². The van der Waals surface area contributed by atoms with Gasteiger partial charge in [0.05, 0.1) is 11.1 Å². The first kappa shape index (κ1) is 19.7. The number of para-hydroxylation sites is 1. The maximum Gasteiger partial charge on any atom is 0.404 e. The zero-order valence-electron chi connectivity index (χ0n) is 16.7. The number of hydrogen-bond acceptors (Lipinski definition) is 4. The number of amides is 1. The highest BCUT2D eigenvalue weighted by Gasteiger charge is 2.24. The van der Waals surface area contributed by atoms with Gasteiger partial charge in [0.1, 0.15) is 17.1 Å². The van der Waals surface area contributed by atoms with E-state index in [1.165, 1.54) is 0 Å². The largest absolute Gasteiger partial charge is 0.490 e. The molecule has 0 spiro atoms. The lowest BCUT2D eigenvalue weighted by atomic mass is 9.93. The first-order valence-electron chi connectivity index (χ1n) is 10.3. The Morgan fingerprint density at radius 1 is 1.10 bits per heavy atom. The molecule has 31 heavy (non-hydrogen) atoms. The summed E-state index contributed by atoms with van der Waals surface area (Å²) in [6, 6.07) is 13.7. The van der Waals surface area contributed by atoms with Gasteiger partial charge < -0.3 is 19.6 Å². The Morgan fingerprint density at radius 2 is 1.90 bits per heavy atom. The van der Waals surface area contributed by atoms with E-state index < -0.39 is 6.09 Å². The van der Waals surface area contributed by atoms with E-state index in [4.69, 9.17) is 25.9 Å². The fourth-order valence-electron chi connectivity index (χ4n) is 4.27. The first-order valence-corrected chi connectivity index (χ1v) is 10.7. The van der Waals surface area contributed by atoms with Crippen LogP contribution in [0.4, 0.5) is 4.79 Å². The van der Waals surface area contributed by atoms with Gasteiger partial charge in [0.15, 0.2) is 0 Å². The number of halogens is 1. The number of pyridine rings is 1. The quantitative estimate of drug-likeness (QED) is 0.394. The minimum absolute atomic E-state index is 0.0108. The van der Waals surface area contributed by atoms with Crippen LogP contribution in [0.25, 0.3) is 33.1 Å². The Morgan fingerprint density at radius 3 is 2.68 bits per heavy atom. The van der Waals surface area contributed by atoms with Crippen LogP contribution in [-0.2, 0) is 0 Å². The number of rotatable bonds is 4. The van der Waals surface area contributed by atoms with Crippen molar-refractivity contribution in [1.82, 2.24) is 10.3 Å². The van der Waals surface area contributed by atoms with Gasteiger partial charge in [-0.1, -0.05) is 29.8 Å². The predicted octanol–water partition coefficient (Wildman–Crippen LogP) is 6.26. The lowest BCUT2D eigenvalue weighted by molar-refractivity contribution is 0.134. The lowest BCUT2D eigenvalue weighted by Gasteiger charge is -2.29. The second kappa shape index (κ2) is 8.12. The average molecular weight is 437 g/mol. The number of ether oxygens (including phenoxy) is 1. The molecule has 0 atom stereocenters. The van der Waals surface area contributed by atoms with Crippen LogP contribution in [0, 0.1) is 0 Å². The number of carbonyl (C=O) groups is 1. The maximum atomic E-state index is 10.8. The maximum absolute atomic E-state index is 10.8. The Kier molecular flexibility index (Phi) is 5.16. The fraction of sp³-hybridized carbons (Fsp3) is 0.250. The highest BCUT2D eigenvalue weighted by Crippen LogP contribution is 2.38. The summed E-state index contributed by atoms with van der Waals surface area (Å²) >= 11 is 6.57. The van der Waals surface area contributed by atoms with E-state index in [-0.39, 0.29) is 12.1 Å². The summed E-state index contributed by atoms with van der Waals surface area (Å²) in [6.07, 6.45) is 5.66. The molecule has 1 aliphatic carbocycles. The number of nitrogens with zero attached hydrogens (tertiary/aromatic N) is 1. The van der Waals surface area contributed by atoms with Gasteiger partial charge in [0.2, 0.25) is 0 Å². The number of fused-ring (bicyclic) bond motifs is 2. The van der Waals surface area contributed by atoms with E-state index >= 15 is 0 Å². The van der Waals surface area contributed by atoms with E-state index in [0.717, 1.165) is 58.7 Å². The predicted molar refractivity (Wildman–Crippen MR) is 120 cm³/mol. The molecule has 2 heterocycles. The zero-order valence-corrected chi connectivity index (χ0v) is 17.4. The van der Waals surface area contributed by atoms with Crippen molar-refractivity contribution in [2.75, 3.05) is 0 Å². The first-order chi connectivity index (χ1) is 15.1. The monoisotopic (exact) mass is 436 g/mol. The number of aromatic nitrogens is 1. The van der Waals surface area contributed by atoms with Crippen LogP contribution >= 0.6 is 11.6 Å². The number of hydrogen-bond donors (Lipinski definition) is 2. The third-order valence-electron chi connectivity index (χ3n) is 5.80. The van der Waals surface area contributed by atoms with Crippen molar-refractivity contribution in [2.24, 2.45) is 0 Å².